The fourth-order valence-electron chi connectivity index (χ4n) is 2.96. The Labute approximate surface area is 155 Å². The number of thiophene rings is 1. The summed E-state index contributed by atoms with van der Waals surface area (Å²) in [5.41, 5.74) is 8.38. The van der Waals surface area contributed by atoms with Crippen LogP contribution in [-0.2, 0) is 22.4 Å². The molecule has 0 radical (unpaired) electrons. The van der Waals surface area contributed by atoms with Crippen molar-refractivity contribution in [3.63, 3.8) is 0 Å². The van der Waals surface area contributed by atoms with Crippen molar-refractivity contribution in [1.82, 2.24) is 0 Å². The van der Waals surface area contributed by atoms with E-state index in [4.69, 9.17) is 10.5 Å². The van der Waals surface area contributed by atoms with Crippen molar-refractivity contribution in [3.8, 4) is 0 Å². The molecule has 1 aliphatic rings. The van der Waals surface area contributed by atoms with E-state index in [0.29, 0.717) is 10.6 Å². The van der Waals surface area contributed by atoms with Crippen LogP contribution in [0.5, 0.6) is 0 Å². The first-order chi connectivity index (χ1) is 12.5. The maximum Gasteiger partial charge on any atom is 0.338 e. The number of aryl methyl sites for hydroxylation is 2. The van der Waals surface area contributed by atoms with Crippen molar-refractivity contribution in [3.05, 3.63) is 51.9 Å². The zero-order valence-electron chi connectivity index (χ0n) is 14.4. The third kappa shape index (κ3) is 3.94. The van der Waals surface area contributed by atoms with Crippen molar-refractivity contribution in [2.24, 2.45) is 5.73 Å². The molecule has 1 atom stereocenters. The Morgan fingerprint density at radius 3 is 2.62 bits per heavy atom. The molecule has 0 aliphatic heterocycles. The lowest BCUT2D eigenvalue weighted by Crippen LogP contribution is -2.30. The molecule has 136 valence electrons. The van der Waals surface area contributed by atoms with Crippen LogP contribution in [-0.4, -0.2) is 23.9 Å². The summed E-state index contributed by atoms with van der Waals surface area (Å²) in [4.78, 5) is 35.9. The van der Waals surface area contributed by atoms with Crippen molar-refractivity contribution in [1.29, 1.82) is 0 Å². The number of anilines is 1. The number of fused-ring (bicyclic) bond motifs is 1. The molecular weight excluding hydrogens is 352 g/mol. The molecule has 0 bridgehead atoms. The Kier molecular flexibility index (Phi) is 5.37. The number of esters is 1. The lowest BCUT2D eigenvalue weighted by Gasteiger charge is -2.17. The Morgan fingerprint density at radius 1 is 1.15 bits per heavy atom. The van der Waals surface area contributed by atoms with E-state index in [2.05, 4.69) is 5.32 Å². The predicted octanol–water partition coefficient (Wildman–Crippen LogP) is 2.91. The quantitative estimate of drug-likeness (QED) is 0.789. The lowest BCUT2D eigenvalue weighted by molar-refractivity contribution is -0.123. The van der Waals surface area contributed by atoms with Gasteiger partial charge in [0.1, 0.15) is 5.00 Å². The van der Waals surface area contributed by atoms with E-state index in [9.17, 15) is 14.4 Å². The molecule has 1 aromatic carbocycles. The van der Waals surface area contributed by atoms with Crippen LogP contribution in [0.2, 0.25) is 0 Å². The van der Waals surface area contributed by atoms with Gasteiger partial charge in [0, 0.05) is 0 Å². The molecule has 3 N–H and O–H groups in total. The normalized spacial score (nSPS) is 14.2. The van der Waals surface area contributed by atoms with Crippen LogP contribution in [0.4, 0.5) is 5.00 Å². The average Bonchev–Trinajstić information content (AvgIpc) is 3.09. The average molecular weight is 372 g/mol. The van der Waals surface area contributed by atoms with Gasteiger partial charge in [-0.25, -0.2) is 4.79 Å². The summed E-state index contributed by atoms with van der Waals surface area (Å²) in [5.74, 6) is -1.68. The number of carbonyl (C=O) groups excluding carboxylic acids is 3. The van der Waals surface area contributed by atoms with Crippen LogP contribution in [0.25, 0.3) is 0 Å². The van der Waals surface area contributed by atoms with E-state index in [-0.39, 0.29) is 5.56 Å². The summed E-state index contributed by atoms with van der Waals surface area (Å²) < 4.78 is 5.28. The van der Waals surface area contributed by atoms with Gasteiger partial charge in [-0.05, 0) is 67.3 Å². The highest BCUT2D eigenvalue weighted by Gasteiger charge is 2.22. The Hall–Kier alpha value is -2.67. The van der Waals surface area contributed by atoms with Crippen LogP contribution in [0.3, 0.4) is 0 Å². The van der Waals surface area contributed by atoms with Gasteiger partial charge in [0.15, 0.2) is 6.10 Å². The van der Waals surface area contributed by atoms with Gasteiger partial charge in [0.2, 0.25) is 0 Å². The highest BCUT2D eigenvalue weighted by molar-refractivity contribution is 7.14. The van der Waals surface area contributed by atoms with Gasteiger partial charge in [-0.1, -0.05) is 6.07 Å². The first-order valence-electron chi connectivity index (χ1n) is 8.46. The minimum Gasteiger partial charge on any atom is -0.449 e. The zero-order chi connectivity index (χ0) is 18.7. The molecule has 1 aliphatic carbocycles. The SMILES string of the molecule is C[C@@H](OC(=O)c1ccc2c(c1)CCCC2)C(=O)Nc1sccc1C(N)=O. The van der Waals surface area contributed by atoms with Gasteiger partial charge in [0.25, 0.3) is 11.8 Å². The van der Waals surface area contributed by atoms with Crippen LogP contribution in [0, 0.1) is 0 Å². The molecule has 26 heavy (non-hydrogen) atoms. The fraction of sp³-hybridized carbons (Fsp3) is 0.316. The van der Waals surface area contributed by atoms with Crippen LogP contribution in [0.15, 0.2) is 29.6 Å². The van der Waals surface area contributed by atoms with E-state index in [0.717, 1.165) is 19.3 Å². The molecular formula is C19H20N2O4S. The van der Waals surface area contributed by atoms with Crippen molar-refractivity contribution >= 4 is 34.1 Å². The molecule has 7 heteroatoms. The molecule has 1 heterocycles. The van der Waals surface area contributed by atoms with Gasteiger partial charge in [-0.3, -0.25) is 9.59 Å². The number of hydrogen-bond donors (Lipinski definition) is 2. The first-order valence-corrected chi connectivity index (χ1v) is 9.34. The third-order valence-corrected chi connectivity index (χ3v) is 5.23. The highest BCUT2D eigenvalue weighted by Crippen LogP contribution is 2.24. The molecule has 0 saturated heterocycles. The molecule has 0 spiro atoms. The lowest BCUT2D eigenvalue weighted by atomic mass is 9.90. The number of amides is 2. The predicted molar refractivity (Wildman–Crippen MR) is 99.4 cm³/mol. The smallest absolute Gasteiger partial charge is 0.338 e. The first kappa shape index (κ1) is 18.1. The number of ether oxygens (including phenoxy) is 1. The molecule has 0 saturated carbocycles. The third-order valence-electron chi connectivity index (χ3n) is 4.40. The second kappa shape index (κ2) is 7.70. The summed E-state index contributed by atoms with van der Waals surface area (Å²) in [6.45, 7) is 1.49. The number of nitrogens with one attached hydrogen (secondary N) is 1. The highest BCUT2D eigenvalue weighted by atomic mass is 32.1. The zero-order valence-corrected chi connectivity index (χ0v) is 15.2. The maximum atomic E-state index is 12.3. The van der Waals surface area contributed by atoms with Crippen LogP contribution < -0.4 is 11.1 Å². The van der Waals surface area contributed by atoms with Gasteiger partial charge in [-0.2, -0.15) is 0 Å². The summed E-state index contributed by atoms with van der Waals surface area (Å²) in [7, 11) is 0. The maximum absolute atomic E-state index is 12.3. The standard InChI is InChI=1S/C19H20N2O4S/c1-11(17(23)21-18-15(16(20)22)8-9-26-18)25-19(24)14-7-6-12-4-2-3-5-13(12)10-14/h6-11H,2-5H2,1H3,(H2,20,22)(H,21,23)/t11-/m1/s1. The number of carbonyl (C=O) groups is 3. The van der Waals surface area contributed by atoms with E-state index in [1.54, 1.807) is 11.4 Å². The summed E-state index contributed by atoms with van der Waals surface area (Å²) >= 11 is 1.18. The molecule has 3 rings (SSSR count). The Bertz CT molecular complexity index is 859. The molecule has 2 aromatic rings. The number of rotatable bonds is 5. The van der Waals surface area contributed by atoms with Gasteiger partial charge >= 0.3 is 5.97 Å². The largest absolute Gasteiger partial charge is 0.449 e. The number of benzene rings is 1. The molecule has 2 amide bonds. The topological polar surface area (TPSA) is 98.5 Å². The molecule has 0 unspecified atom stereocenters. The van der Waals surface area contributed by atoms with Crippen LogP contribution in [0.1, 0.15) is 51.6 Å². The van der Waals surface area contributed by atoms with Gasteiger partial charge in [-0.15, -0.1) is 11.3 Å². The minimum absolute atomic E-state index is 0.233. The Morgan fingerprint density at radius 2 is 1.88 bits per heavy atom. The van der Waals surface area contributed by atoms with Crippen molar-refractivity contribution in [2.45, 2.75) is 38.7 Å². The van der Waals surface area contributed by atoms with E-state index in [1.165, 1.54) is 41.9 Å². The van der Waals surface area contributed by atoms with Crippen molar-refractivity contribution in [2.75, 3.05) is 5.32 Å². The Balaban J connectivity index is 1.64. The van der Waals surface area contributed by atoms with Gasteiger partial charge < -0.3 is 15.8 Å². The summed E-state index contributed by atoms with van der Waals surface area (Å²) in [6, 6.07) is 7.08. The molecule has 1 aromatic heterocycles. The molecule has 6 nitrogen and oxygen atoms in total. The van der Waals surface area contributed by atoms with E-state index < -0.39 is 23.9 Å². The van der Waals surface area contributed by atoms with E-state index >= 15 is 0 Å². The number of nitrogens with two attached hydrogens (primary N) is 1. The van der Waals surface area contributed by atoms with E-state index in [1.807, 2.05) is 12.1 Å². The minimum atomic E-state index is -0.999. The second-order valence-electron chi connectivity index (χ2n) is 6.26. The number of primary amides is 1. The summed E-state index contributed by atoms with van der Waals surface area (Å²) in [6.07, 6.45) is 3.28. The molecule has 0 fully saturated rings. The second-order valence-corrected chi connectivity index (χ2v) is 7.17. The summed E-state index contributed by atoms with van der Waals surface area (Å²) in [5, 5.41) is 4.58. The van der Waals surface area contributed by atoms with Gasteiger partial charge in [0.05, 0.1) is 11.1 Å². The number of hydrogen-bond acceptors (Lipinski definition) is 5. The van der Waals surface area contributed by atoms with Crippen molar-refractivity contribution < 1.29 is 19.1 Å². The fourth-order valence-corrected chi connectivity index (χ4v) is 3.75. The monoisotopic (exact) mass is 372 g/mol. The van der Waals surface area contributed by atoms with Crippen LogP contribution >= 0.6 is 11.3 Å².